The molecule has 0 saturated carbocycles. The number of anilines is 2. The zero-order valence-corrected chi connectivity index (χ0v) is 13.9. The smallest absolute Gasteiger partial charge is 0.159 e. The summed E-state index contributed by atoms with van der Waals surface area (Å²) < 4.78 is 11.1. The Labute approximate surface area is 129 Å². The normalized spacial score (nSPS) is 10.9. The second kappa shape index (κ2) is 10.5. The first kappa shape index (κ1) is 17.8. The van der Waals surface area contributed by atoms with E-state index in [4.69, 9.17) is 9.47 Å². The summed E-state index contributed by atoms with van der Waals surface area (Å²) in [4.78, 5) is 2.34. The van der Waals surface area contributed by atoms with Crippen molar-refractivity contribution in [1.82, 2.24) is 0 Å². The molecule has 0 heterocycles. The molecule has 0 aromatic heterocycles. The number of ether oxygens (including phenoxy) is 2. The van der Waals surface area contributed by atoms with Crippen molar-refractivity contribution < 1.29 is 9.47 Å². The molecule has 120 valence electrons. The molecular formula is C17H30N2O2. The van der Waals surface area contributed by atoms with Gasteiger partial charge in [0.2, 0.25) is 0 Å². The van der Waals surface area contributed by atoms with E-state index in [1.54, 1.807) is 0 Å². The van der Waals surface area contributed by atoms with E-state index in [-0.39, 0.29) is 6.29 Å². The first-order valence-corrected chi connectivity index (χ1v) is 8.07. The fraction of sp³-hybridized carbons (Fsp3) is 0.647. The van der Waals surface area contributed by atoms with E-state index in [0.717, 1.165) is 31.7 Å². The first-order valence-electron chi connectivity index (χ1n) is 8.07. The predicted molar refractivity (Wildman–Crippen MR) is 90.1 cm³/mol. The van der Waals surface area contributed by atoms with Gasteiger partial charge in [-0.1, -0.05) is 0 Å². The van der Waals surface area contributed by atoms with E-state index < -0.39 is 0 Å². The van der Waals surface area contributed by atoms with E-state index >= 15 is 0 Å². The van der Waals surface area contributed by atoms with Crippen LogP contribution in [-0.4, -0.2) is 39.1 Å². The summed E-state index contributed by atoms with van der Waals surface area (Å²) in [5.41, 5.74) is 2.41. The van der Waals surface area contributed by atoms with E-state index in [0.29, 0.717) is 13.2 Å². The minimum Gasteiger partial charge on any atom is -0.385 e. The number of nitrogens with one attached hydrogen (secondary N) is 1. The van der Waals surface area contributed by atoms with Crippen molar-refractivity contribution in [3.63, 3.8) is 0 Å². The van der Waals surface area contributed by atoms with Gasteiger partial charge < -0.3 is 19.7 Å². The van der Waals surface area contributed by atoms with Crippen LogP contribution in [0.2, 0.25) is 0 Å². The summed E-state index contributed by atoms with van der Waals surface area (Å²) in [7, 11) is 0. The molecule has 0 spiro atoms. The zero-order chi connectivity index (χ0) is 15.5. The van der Waals surface area contributed by atoms with Crippen LogP contribution in [0.25, 0.3) is 0 Å². The molecule has 0 amide bonds. The topological polar surface area (TPSA) is 33.7 Å². The quantitative estimate of drug-likeness (QED) is 0.630. The van der Waals surface area contributed by atoms with Gasteiger partial charge in [0.15, 0.2) is 6.29 Å². The lowest BCUT2D eigenvalue weighted by Crippen LogP contribution is -2.22. The summed E-state index contributed by atoms with van der Waals surface area (Å²) in [5.74, 6) is 0. The van der Waals surface area contributed by atoms with E-state index in [9.17, 15) is 0 Å². The van der Waals surface area contributed by atoms with Crippen molar-refractivity contribution in [2.75, 3.05) is 43.1 Å². The van der Waals surface area contributed by atoms with Gasteiger partial charge in [0.25, 0.3) is 0 Å². The van der Waals surface area contributed by atoms with Gasteiger partial charge in [-0.2, -0.15) is 0 Å². The fourth-order valence-electron chi connectivity index (χ4n) is 2.30. The minimum absolute atomic E-state index is 0.109. The van der Waals surface area contributed by atoms with Crippen molar-refractivity contribution in [2.45, 2.75) is 40.4 Å². The van der Waals surface area contributed by atoms with E-state index in [1.807, 2.05) is 13.8 Å². The molecule has 0 atom stereocenters. The molecule has 0 unspecified atom stereocenters. The maximum atomic E-state index is 5.53. The Bertz CT molecular complexity index is 358. The van der Waals surface area contributed by atoms with Crippen LogP contribution in [0, 0.1) is 0 Å². The monoisotopic (exact) mass is 294 g/mol. The molecular weight excluding hydrogens is 264 g/mol. The number of hydrogen-bond donors (Lipinski definition) is 1. The third kappa shape index (κ3) is 6.36. The van der Waals surface area contributed by atoms with Crippen LogP contribution in [0.3, 0.4) is 0 Å². The Hall–Kier alpha value is -1.26. The average molecular weight is 294 g/mol. The van der Waals surface area contributed by atoms with E-state index in [2.05, 4.69) is 48.3 Å². The van der Waals surface area contributed by atoms with Gasteiger partial charge in [-0.25, -0.2) is 0 Å². The molecule has 0 radical (unpaired) electrons. The molecule has 0 aliphatic rings. The highest BCUT2D eigenvalue weighted by Crippen LogP contribution is 2.17. The van der Waals surface area contributed by atoms with Gasteiger partial charge in [-0.05, 0) is 52.0 Å². The van der Waals surface area contributed by atoms with Crippen LogP contribution in [0.4, 0.5) is 11.4 Å². The molecule has 4 nitrogen and oxygen atoms in total. The van der Waals surface area contributed by atoms with Crippen molar-refractivity contribution in [1.29, 1.82) is 0 Å². The predicted octanol–water partition coefficient (Wildman–Crippen LogP) is 3.73. The number of nitrogens with zero attached hydrogens (tertiary/aromatic N) is 1. The summed E-state index contributed by atoms with van der Waals surface area (Å²) in [5, 5.41) is 3.42. The lowest BCUT2D eigenvalue weighted by Gasteiger charge is -2.21. The standard InChI is InChI=1S/C17H30N2O2/c1-5-19(6-2)16-11-9-15(10-12-16)18-14-13-17(20-7-3)21-8-4/h9-12,17-18H,5-8,13-14H2,1-4H3. The maximum Gasteiger partial charge on any atom is 0.159 e. The lowest BCUT2D eigenvalue weighted by molar-refractivity contribution is -0.137. The van der Waals surface area contributed by atoms with Crippen molar-refractivity contribution in [3.8, 4) is 0 Å². The molecule has 21 heavy (non-hydrogen) atoms. The summed E-state index contributed by atoms with van der Waals surface area (Å²) in [6.07, 6.45) is 0.738. The lowest BCUT2D eigenvalue weighted by atomic mass is 10.2. The van der Waals surface area contributed by atoms with Gasteiger partial charge in [0.05, 0.1) is 0 Å². The first-order chi connectivity index (χ1) is 10.2. The summed E-state index contributed by atoms with van der Waals surface area (Å²) in [6.45, 7) is 12.6. The largest absolute Gasteiger partial charge is 0.385 e. The minimum atomic E-state index is -0.109. The molecule has 1 aromatic rings. The molecule has 0 aliphatic carbocycles. The highest BCUT2D eigenvalue weighted by atomic mass is 16.7. The third-order valence-corrected chi connectivity index (χ3v) is 3.41. The maximum absolute atomic E-state index is 5.53. The number of benzene rings is 1. The Balaban J connectivity index is 2.41. The molecule has 0 saturated heterocycles. The van der Waals surface area contributed by atoms with Crippen molar-refractivity contribution >= 4 is 11.4 Å². The van der Waals surface area contributed by atoms with Crippen LogP contribution in [0.1, 0.15) is 34.1 Å². The van der Waals surface area contributed by atoms with Gasteiger partial charge in [-0.15, -0.1) is 0 Å². The van der Waals surface area contributed by atoms with Crippen molar-refractivity contribution in [3.05, 3.63) is 24.3 Å². The van der Waals surface area contributed by atoms with Crippen LogP contribution in [0.15, 0.2) is 24.3 Å². The third-order valence-electron chi connectivity index (χ3n) is 3.41. The van der Waals surface area contributed by atoms with Crippen molar-refractivity contribution in [2.24, 2.45) is 0 Å². The second-order valence-corrected chi connectivity index (χ2v) is 4.77. The van der Waals surface area contributed by atoms with Gasteiger partial charge in [0, 0.05) is 50.6 Å². The average Bonchev–Trinajstić information content (AvgIpc) is 2.50. The fourth-order valence-corrected chi connectivity index (χ4v) is 2.30. The van der Waals surface area contributed by atoms with E-state index in [1.165, 1.54) is 5.69 Å². The zero-order valence-electron chi connectivity index (χ0n) is 13.9. The number of hydrogen-bond acceptors (Lipinski definition) is 4. The molecule has 0 aliphatic heterocycles. The Kier molecular flexibility index (Phi) is 8.87. The SMILES string of the molecule is CCOC(CCNc1ccc(N(CC)CC)cc1)OCC. The molecule has 0 fully saturated rings. The Morgan fingerprint density at radius 2 is 1.52 bits per heavy atom. The highest BCUT2D eigenvalue weighted by Gasteiger charge is 2.07. The van der Waals surface area contributed by atoms with Gasteiger partial charge in [-0.3, -0.25) is 0 Å². The molecule has 1 N–H and O–H groups in total. The van der Waals surface area contributed by atoms with Crippen LogP contribution in [0.5, 0.6) is 0 Å². The summed E-state index contributed by atoms with van der Waals surface area (Å²) in [6, 6.07) is 8.59. The Morgan fingerprint density at radius 3 is 2.00 bits per heavy atom. The second-order valence-electron chi connectivity index (χ2n) is 4.77. The molecule has 1 aromatic carbocycles. The van der Waals surface area contributed by atoms with Gasteiger partial charge >= 0.3 is 0 Å². The molecule has 4 heteroatoms. The Morgan fingerprint density at radius 1 is 0.952 bits per heavy atom. The van der Waals surface area contributed by atoms with Crippen LogP contribution in [-0.2, 0) is 9.47 Å². The summed E-state index contributed by atoms with van der Waals surface area (Å²) >= 11 is 0. The molecule has 1 rings (SSSR count). The number of rotatable bonds is 11. The van der Waals surface area contributed by atoms with Gasteiger partial charge in [0.1, 0.15) is 0 Å². The van der Waals surface area contributed by atoms with Crippen LogP contribution >= 0.6 is 0 Å². The van der Waals surface area contributed by atoms with Crippen LogP contribution < -0.4 is 10.2 Å². The molecule has 0 bridgehead atoms. The highest BCUT2D eigenvalue weighted by molar-refractivity contribution is 5.54.